The molecule has 0 unspecified atom stereocenters. The Kier molecular flexibility index (Phi) is 7.03. The van der Waals surface area contributed by atoms with Crippen molar-refractivity contribution in [2.75, 3.05) is 13.7 Å². The molecule has 0 aromatic heterocycles. The molecular weight excluding hydrogens is 344 g/mol. The normalized spacial score (nSPS) is 11.2. The first-order valence-electron chi connectivity index (χ1n) is 8.25. The van der Waals surface area contributed by atoms with Crippen LogP contribution in [0.25, 0.3) is 6.08 Å². The van der Waals surface area contributed by atoms with Crippen molar-refractivity contribution in [2.24, 2.45) is 0 Å². The molecule has 6 heteroatoms. The lowest BCUT2D eigenvalue weighted by Crippen LogP contribution is -2.26. The summed E-state index contributed by atoms with van der Waals surface area (Å²) >= 11 is 0. The van der Waals surface area contributed by atoms with Crippen molar-refractivity contribution >= 4 is 12.0 Å². The van der Waals surface area contributed by atoms with Crippen molar-refractivity contribution in [3.05, 3.63) is 71.3 Å². The van der Waals surface area contributed by atoms with Crippen LogP contribution in [0.15, 0.2) is 60.2 Å². The van der Waals surface area contributed by atoms with Gasteiger partial charge in [0.2, 0.25) is 0 Å². The second-order valence-electron chi connectivity index (χ2n) is 5.65. The van der Waals surface area contributed by atoms with Crippen LogP contribution in [0.5, 0.6) is 17.2 Å². The predicted molar refractivity (Wildman–Crippen MR) is 102 cm³/mol. The Morgan fingerprint density at radius 2 is 1.96 bits per heavy atom. The molecule has 1 amide bonds. The average molecular weight is 364 g/mol. The van der Waals surface area contributed by atoms with Gasteiger partial charge in [0.05, 0.1) is 7.11 Å². The Balaban J connectivity index is 1.93. The van der Waals surface area contributed by atoms with Gasteiger partial charge in [0.15, 0.2) is 11.5 Å². The van der Waals surface area contributed by atoms with Gasteiger partial charge in [-0.3, -0.25) is 4.79 Å². The topological polar surface area (TPSA) is 103 Å². The van der Waals surface area contributed by atoms with Crippen LogP contribution in [-0.2, 0) is 11.2 Å². The maximum absolute atomic E-state index is 12.1. The SMILES string of the molecule is COc1cc(/C=C/C=C(\C#N)C(=O)NCCc2ccc(O)cc2)ccc1O. The molecule has 6 nitrogen and oxygen atoms in total. The highest BCUT2D eigenvalue weighted by atomic mass is 16.5. The van der Waals surface area contributed by atoms with Crippen molar-refractivity contribution in [3.63, 3.8) is 0 Å². The van der Waals surface area contributed by atoms with E-state index in [0.29, 0.717) is 18.7 Å². The van der Waals surface area contributed by atoms with Crippen molar-refractivity contribution in [1.29, 1.82) is 5.26 Å². The number of rotatable bonds is 7. The summed E-state index contributed by atoms with van der Waals surface area (Å²) in [5.74, 6) is 0.115. The number of amides is 1. The number of allylic oxidation sites excluding steroid dienone is 2. The summed E-state index contributed by atoms with van der Waals surface area (Å²) in [4.78, 5) is 12.1. The Bertz CT molecular complexity index is 893. The fraction of sp³-hybridized carbons (Fsp3) is 0.143. The Morgan fingerprint density at radius 1 is 1.22 bits per heavy atom. The standard InChI is InChI=1S/C21H20N2O4/c1-27-20-13-16(7-10-19(20)25)3-2-4-17(14-22)21(26)23-12-11-15-5-8-18(24)9-6-15/h2-10,13,24-25H,11-12H2,1H3,(H,23,26)/b3-2+,17-4+. The van der Waals surface area contributed by atoms with Crippen LogP contribution < -0.4 is 10.1 Å². The molecular formula is C21H20N2O4. The third-order valence-corrected chi connectivity index (χ3v) is 3.76. The minimum atomic E-state index is -0.454. The quantitative estimate of drug-likeness (QED) is 0.398. The zero-order valence-electron chi connectivity index (χ0n) is 14.8. The van der Waals surface area contributed by atoms with Gasteiger partial charge in [0.25, 0.3) is 5.91 Å². The second-order valence-corrected chi connectivity index (χ2v) is 5.65. The first-order valence-corrected chi connectivity index (χ1v) is 8.25. The number of hydrogen-bond donors (Lipinski definition) is 3. The number of nitrogens with zero attached hydrogens (tertiary/aromatic N) is 1. The molecule has 0 fully saturated rings. The van der Waals surface area contributed by atoms with E-state index in [-0.39, 0.29) is 17.1 Å². The molecule has 27 heavy (non-hydrogen) atoms. The third kappa shape index (κ3) is 5.94. The Labute approximate surface area is 157 Å². The molecule has 0 radical (unpaired) electrons. The van der Waals surface area contributed by atoms with Gasteiger partial charge in [0.1, 0.15) is 17.4 Å². The van der Waals surface area contributed by atoms with E-state index in [2.05, 4.69) is 5.32 Å². The lowest BCUT2D eigenvalue weighted by atomic mass is 10.1. The van der Waals surface area contributed by atoms with Crippen molar-refractivity contribution in [3.8, 4) is 23.3 Å². The summed E-state index contributed by atoms with van der Waals surface area (Å²) in [6.45, 7) is 0.376. The molecule has 3 N–H and O–H groups in total. The lowest BCUT2D eigenvalue weighted by Gasteiger charge is -2.04. The van der Waals surface area contributed by atoms with Crippen LogP contribution in [0.2, 0.25) is 0 Å². The first-order chi connectivity index (χ1) is 13.0. The number of phenolic OH excluding ortho intramolecular Hbond substituents is 2. The summed E-state index contributed by atoms with van der Waals surface area (Å²) in [5.41, 5.74) is 1.71. The highest BCUT2D eigenvalue weighted by Gasteiger charge is 2.07. The second kappa shape index (κ2) is 9.68. The molecule has 0 spiro atoms. The number of nitrogens with one attached hydrogen (secondary N) is 1. The van der Waals surface area contributed by atoms with Crippen LogP contribution in [0.3, 0.4) is 0 Å². The van der Waals surface area contributed by atoms with E-state index in [0.717, 1.165) is 11.1 Å². The van der Waals surface area contributed by atoms with E-state index < -0.39 is 5.91 Å². The molecule has 2 aromatic rings. The van der Waals surface area contributed by atoms with Gasteiger partial charge < -0.3 is 20.3 Å². The van der Waals surface area contributed by atoms with E-state index in [1.165, 1.54) is 19.3 Å². The molecule has 0 aliphatic rings. The van der Waals surface area contributed by atoms with Crippen LogP contribution in [0.1, 0.15) is 11.1 Å². The number of hydrogen-bond acceptors (Lipinski definition) is 5. The van der Waals surface area contributed by atoms with Gasteiger partial charge in [-0.1, -0.05) is 30.4 Å². The predicted octanol–water partition coefficient (Wildman–Crippen LogP) is 2.93. The number of carbonyl (C=O) groups excluding carboxylic acids is 1. The Morgan fingerprint density at radius 3 is 2.63 bits per heavy atom. The number of carbonyl (C=O) groups is 1. The summed E-state index contributed by atoms with van der Waals surface area (Å²) in [6.07, 6.45) is 5.30. The number of aromatic hydroxyl groups is 2. The van der Waals surface area contributed by atoms with Gasteiger partial charge >= 0.3 is 0 Å². The van der Waals surface area contributed by atoms with Gasteiger partial charge in [-0.2, -0.15) is 5.26 Å². The number of phenols is 2. The van der Waals surface area contributed by atoms with Gasteiger partial charge in [-0.25, -0.2) is 0 Å². The molecule has 0 bridgehead atoms. The molecule has 2 rings (SSSR count). The number of ether oxygens (including phenoxy) is 1. The largest absolute Gasteiger partial charge is 0.508 e. The smallest absolute Gasteiger partial charge is 0.261 e. The van der Waals surface area contributed by atoms with E-state index >= 15 is 0 Å². The van der Waals surface area contributed by atoms with Crippen LogP contribution in [-0.4, -0.2) is 29.8 Å². The van der Waals surface area contributed by atoms with Crippen LogP contribution in [0.4, 0.5) is 0 Å². The summed E-state index contributed by atoms with van der Waals surface area (Å²) < 4.78 is 5.03. The minimum Gasteiger partial charge on any atom is -0.508 e. The van der Waals surface area contributed by atoms with Crippen molar-refractivity contribution < 1.29 is 19.7 Å². The van der Waals surface area contributed by atoms with E-state index in [1.54, 1.807) is 48.6 Å². The van der Waals surface area contributed by atoms with Crippen LogP contribution >= 0.6 is 0 Å². The fourth-order valence-electron chi connectivity index (χ4n) is 2.30. The molecule has 0 saturated carbocycles. The Hall–Kier alpha value is -3.72. The van der Waals surface area contributed by atoms with Gasteiger partial charge in [-0.15, -0.1) is 0 Å². The van der Waals surface area contributed by atoms with Gasteiger partial charge in [-0.05, 0) is 47.9 Å². The maximum atomic E-state index is 12.1. The van der Waals surface area contributed by atoms with Crippen molar-refractivity contribution in [2.45, 2.75) is 6.42 Å². The van der Waals surface area contributed by atoms with Crippen molar-refractivity contribution in [1.82, 2.24) is 5.32 Å². The minimum absolute atomic E-state index is 0.0114. The van der Waals surface area contributed by atoms with Gasteiger partial charge in [0, 0.05) is 6.54 Å². The first kappa shape index (κ1) is 19.6. The number of benzene rings is 2. The highest BCUT2D eigenvalue weighted by Crippen LogP contribution is 2.26. The zero-order valence-corrected chi connectivity index (χ0v) is 14.8. The van der Waals surface area contributed by atoms with E-state index in [4.69, 9.17) is 10.00 Å². The fourth-order valence-corrected chi connectivity index (χ4v) is 2.30. The summed E-state index contributed by atoms with van der Waals surface area (Å²) in [6, 6.07) is 13.4. The molecule has 138 valence electrons. The van der Waals surface area contributed by atoms with E-state index in [9.17, 15) is 15.0 Å². The lowest BCUT2D eigenvalue weighted by molar-refractivity contribution is -0.117. The molecule has 0 aliphatic heterocycles. The highest BCUT2D eigenvalue weighted by molar-refractivity contribution is 5.97. The number of methoxy groups -OCH3 is 1. The summed E-state index contributed by atoms with van der Waals surface area (Å²) in [5, 5.41) is 30.7. The molecule has 2 aromatic carbocycles. The maximum Gasteiger partial charge on any atom is 0.261 e. The summed E-state index contributed by atoms with van der Waals surface area (Å²) in [7, 11) is 1.46. The number of nitriles is 1. The molecule has 0 atom stereocenters. The van der Waals surface area contributed by atoms with E-state index in [1.807, 2.05) is 6.07 Å². The molecule has 0 heterocycles. The monoisotopic (exact) mass is 364 g/mol. The molecule has 0 aliphatic carbocycles. The third-order valence-electron chi connectivity index (χ3n) is 3.76. The molecule has 0 saturated heterocycles. The average Bonchev–Trinajstić information content (AvgIpc) is 2.68. The zero-order chi connectivity index (χ0) is 19.6. The van der Waals surface area contributed by atoms with Crippen LogP contribution in [0, 0.1) is 11.3 Å².